The lowest BCUT2D eigenvalue weighted by Crippen LogP contribution is -2.51. The van der Waals surface area contributed by atoms with E-state index in [1.54, 1.807) is 29.4 Å². The number of nitrogens with two attached hydrogens (primary N) is 1. The number of amides is 2. The van der Waals surface area contributed by atoms with E-state index in [-0.39, 0.29) is 11.8 Å². The van der Waals surface area contributed by atoms with Crippen molar-refractivity contribution in [2.75, 3.05) is 13.1 Å². The molecule has 1 aromatic carbocycles. The first kappa shape index (κ1) is 16.9. The third kappa shape index (κ3) is 3.60. The van der Waals surface area contributed by atoms with Crippen LogP contribution < -0.4 is 5.73 Å². The molecule has 2 heterocycles. The molecule has 128 valence electrons. The second-order valence-corrected chi connectivity index (χ2v) is 6.25. The fraction of sp³-hybridized carbons (Fsp3) is 0.250. The molecule has 2 aromatic rings. The van der Waals surface area contributed by atoms with Crippen LogP contribution in [0.25, 0.3) is 6.08 Å². The minimum Gasteiger partial charge on any atom is -0.369 e. The van der Waals surface area contributed by atoms with Crippen molar-refractivity contribution in [1.82, 2.24) is 9.88 Å². The highest BCUT2D eigenvalue weighted by Crippen LogP contribution is 2.35. The molecule has 0 unspecified atom stereocenters. The Labute approximate surface area is 147 Å². The van der Waals surface area contributed by atoms with Gasteiger partial charge in [-0.05, 0) is 42.2 Å². The summed E-state index contributed by atoms with van der Waals surface area (Å²) in [5.74, 6) is -0.374. The van der Waals surface area contributed by atoms with Gasteiger partial charge in [-0.3, -0.25) is 14.6 Å². The van der Waals surface area contributed by atoms with Crippen LogP contribution >= 0.6 is 0 Å². The number of nitrogens with zero attached hydrogens (tertiary/aromatic N) is 2. The van der Waals surface area contributed by atoms with Gasteiger partial charge in [-0.25, -0.2) is 0 Å². The van der Waals surface area contributed by atoms with E-state index in [4.69, 9.17) is 5.73 Å². The normalized spacial score (nSPS) is 16.7. The Kier molecular flexibility index (Phi) is 4.93. The maximum absolute atomic E-state index is 12.4. The summed E-state index contributed by atoms with van der Waals surface area (Å²) in [5, 5.41) is 0. The Hall–Kier alpha value is -2.95. The number of likely N-dealkylation sites (tertiary alicyclic amines) is 1. The topological polar surface area (TPSA) is 76.3 Å². The van der Waals surface area contributed by atoms with Gasteiger partial charge in [0.05, 0.1) is 5.41 Å². The smallest absolute Gasteiger partial charge is 0.246 e. The molecule has 0 atom stereocenters. The monoisotopic (exact) mass is 335 g/mol. The Bertz CT molecular complexity index is 764. The summed E-state index contributed by atoms with van der Waals surface area (Å²) in [6.45, 7) is 1.02. The van der Waals surface area contributed by atoms with Gasteiger partial charge >= 0.3 is 0 Å². The van der Waals surface area contributed by atoms with Crippen molar-refractivity contribution >= 4 is 17.9 Å². The molecule has 0 aliphatic carbocycles. The number of aromatic nitrogens is 1. The van der Waals surface area contributed by atoms with Crippen LogP contribution in [0, 0.1) is 0 Å². The molecule has 0 bridgehead atoms. The summed E-state index contributed by atoms with van der Waals surface area (Å²) < 4.78 is 0. The van der Waals surface area contributed by atoms with E-state index in [1.807, 2.05) is 42.5 Å². The fourth-order valence-corrected chi connectivity index (χ4v) is 3.29. The first-order valence-electron chi connectivity index (χ1n) is 8.34. The van der Waals surface area contributed by atoms with Gasteiger partial charge in [-0.2, -0.15) is 0 Å². The molecule has 0 spiro atoms. The molecular formula is C20H21N3O2. The van der Waals surface area contributed by atoms with E-state index >= 15 is 0 Å². The molecule has 1 aliphatic heterocycles. The van der Waals surface area contributed by atoms with Crippen LogP contribution in [0.2, 0.25) is 0 Å². The number of hydrogen-bond donors (Lipinski definition) is 1. The highest BCUT2D eigenvalue weighted by molar-refractivity contribution is 5.92. The number of benzene rings is 1. The van der Waals surface area contributed by atoms with Gasteiger partial charge in [0.2, 0.25) is 11.8 Å². The van der Waals surface area contributed by atoms with Crippen molar-refractivity contribution in [3.8, 4) is 0 Å². The molecule has 5 heteroatoms. The van der Waals surface area contributed by atoms with Crippen molar-refractivity contribution in [2.45, 2.75) is 18.3 Å². The van der Waals surface area contributed by atoms with Gasteiger partial charge < -0.3 is 10.6 Å². The molecule has 0 radical (unpaired) electrons. The first-order valence-corrected chi connectivity index (χ1v) is 8.34. The average Bonchev–Trinajstić information content (AvgIpc) is 2.67. The zero-order chi connectivity index (χ0) is 17.7. The van der Waals surface area contributed by atoms with E-state index in [9.17, 15) is 9.59 Å². The zero-order valence-corrected chi connectivity index (χ0v) is 14.0. The maximum Gasteiger partial charge on any atom is 0.246 e. The van der Waals surface area contributed by atoms with E-state index in [2.05, 4.69) is 4.98 Å². The molecule has 1 fully saturated rings. The van der Waals surface area contributed by atoms with Crippen molar-refractivity contribution < 1.29 is 9.59 Å². The van der Waals surface area contributed by atoms with Gasteiger partial charge in [0.25, 0.3) is 0 Å². The maximum atomic E-state index is 12.4. The van der Waals surface area contributed by atoms with Crippen LogP contribution in [0.15, 0.2) is 60.9 Å². The van der Waals surface area contributed by atoms with Gasteiger partial charge in [0, 0.05) is 31.6 Å². The number of carbonyl (C=O) groups is 2. The number of piperidine rings is 1. The van der Waals surface area contributed by atoms with Crippen molar-refractivity contribution in [3.63, 3.8) is 0 Å². The minimum atomic E-state index is -0.688. The number of pyridine rings is 1. The molecule has 1 aliphatic rings. The van der Waals surface area contributed by atoms with E-state index in [1.165, 1.54) is 0 Å². The first-order chi connectivity index (χ1) is 12.1. The lowest BCUT2D eigenvalue weighted by molar-refractivity contribution is -0.132. The standard InChI is InChI=1S/C20H21N3O2/c21-19(25)20(17-4-2-1-3-5-17)10-14-23(15-11-20)18(24)7-6-16-8-12-22-13-9-16/h1-9,12-13H,10-11,14-15H2,(H2,21,25)/b7-6+. The summed E-state index contributed by atoms with van der Waals surface area (Å²) in [4.78, 5) is 30.3. The highest BCUT2D eigenvalue weighted by atomic mass is 16.2. The van der Waals surface area contributed by atoms with Crippen LogP contribution in [0.5, 0.6) is 0 Å². The SMILES string of the molecule is NC(=O)C1(c2ccccc2)CCN(C(=O)/C=C/c2ccncc2)CC1. The van der Waals surface area contributed by atoms with Crippen LogP contribution in [0.3, 0.4) is 0 Å². The second-order valence-electron chi connectivity index (χ2n) is 6.25. The predicted octanol–water partition coefficient (Wildman–Crippen LogP) is 2.14. The van der Waals surface area contributed by atoms with Crippen LogP contribution in [0.1, 0.15) is 24.0 Å². The van der Waals surface area contributed by atoms with Gasteiger partial charge in [0.1, 0.15) is 0 Å². The summed E-state index contributed by atoms with van der Waals surface area (Å²) in [6.07, 6.45) is 7.80. The highest BCUT2D eigenvalue weighted by Gasteiger charge is 2.41. The van der Waals surface area contributed by atoms with Crippen molar-refractivity contribution in [3.05, 3.63) is 72.1 Å². The fourth-order valence-electron chi connectivity index (χ4n) is 3.29. The molecule has 3 rings (SSSR count). The molecule has 2 N–H and O–H groups in total. The summed E-state index contributed by atoms with van der Waals surface area (Å²) in [6, 6.07) is 13.3. The van der Waals surface area contributed by atoms with E-state index < -0.39 is 5.41 Å². The Morgan fingerprint density at radius 2 is 1.68 bits per heavy atom. The largest absolute Gasteiger partial charge is 0.369 e. The molecule has 1 aromatic heterocycles. The van der Waals surface area contributed by atoms with Crippen molar-refractivity contribution in [1.29, 1.82) is 0 Å². The molecular weight excluding hydrogens is 314 g/mol. The van der Waals surface area contributed by atoms with Crippen LogP contribution in [-0.4, -0.2) is 34.8 Å². The van der Waals surface area contributed by atoms with Crippen LogP contribution in [-0.2, 0) is 15.0 Å². The number of primary amides is 1. The molecule has 2 amide bonds. The summed E-state index contributed by atoms with van der Waals surface area (Å²) in [5.41, 5.74) is 6.90. The second kappa shape index (κ2) is 7.30. The molecule has 25 heavy (non-hydrogen) atoms. The minimum absolute atomic E-state index is 0.0528. The lowest BCUT2D eigenvalue weighted by atomic mass is 9.72. The molecule has 0 saturated carbocycles. The van der Waals surface area contributed by atoms with Crippen molar-refractivity contribution in [2.24, 2.45) is 5.73 Å². The Morgan fingerprint density at radius 1 is 1.04 bits per heavy atom. The molecule has 5 nitrogen and oxygen atoms in total. The Morgan fingerprint density at radius 3 is 2.28 bits per heavy atom. The molecule has 1 saturated heterocycles. The van der Waals surface area contributed by atoms with Gasteiger partial charge in [0.15, 0.2) is 0 Å². The van der Waals surface area contributed by atoms with E-state index in [0.717, 1.165) is 11.1 Å². The Balaban J connectivity index is 1.69. The predicted molar refractivity (Wildman–Crippen MR) is 96.4 cm³/mol. The van der Waals surface area contributed by atoms with Crippen LogP contribution in [0.4, 0.5) is 0 Å². The number of rotatable bonds is 4. The number of carbonyl (C=O) groups excluding carboxylic acids is 2. The average molecular weight is 335 g/mol. The third-order valence-corrected chi connectivity index (χ3v) is 4.85. The van der Waals surface area contributed by atoms with Gasteiger partial charge in [-0.15, -0.1) is 0 Å². The van der Waals surface area contributed by atoms with Gasteiger partial charge in [-0.1, -0.05) is 30.3 Å². The summed E-state index contributed by atoms with van der Waals surface area (Å²) in [7, 11) is 0. The third-order valence-electron chi connectivity index (χ3n) is 4.85. The lowest BCUT2D eigenvalue weighted by Gasteiger charge is -2.39. The quantitative estimate of drug-likeness (QED) is 0.870. The van der Waals surface area contributed by atoms with E-state index in [0.29, 0.717) is 25.9 Å². The number of hydrogen-bond acceptors (Lipinski definition) is 3. The summed E-state index contributed by atoms with van der Waals surface area (Å²) >= 11 is 0. The zero-order valence-electron chi connectivity index (χ0n) is 14.0.